The molecule has 2 N–H and O–H groups in total. The van der Waals surface area contributed by atoms with Gasteiger partial charge in [0.05, 0.1) is 19.2 Å². The van der Waals surface area contributed by atoms with Gasteiger partial charge in [-0.1, -0.05) is 11.6 Å². The molecule has 0 fully saturated rings. The summed E-state index contributed by atoms with van der Waals surface area (Å²) < 4.78 is 5.24. The van der Waals surface area contributed by atoms with Gasteiger partial charge in [0, 0.05) is 12.5 Å². The van der Waals surface area contributed by atoms with Crippen LogP contribution in [0, 0.1) is 0 Å². The maximum atomic E-state index is 11.4. The Hall–Kier alpha value is -1.82. The summed E-state index contributed by atoms with van der Waals surface area (Å²) in [5.41, 5.74) is 0. The van der Waals surface area contributed by atoms with Crippen molar-refractivity contribution in [1.29, 1.82) is 0 Å². The van der Waals surface area contributed by atoms with Gasteiger partial charge in [0.15, 0.2) is 0 Å². The van der Waals surface area contributed by atoms with Gasteiger partial charge in [0.25, 0.3) is 0 Å². The molecule has 0 aliphatic rings. The Morgan fingerprint density at radius 3 is 2.83 bits per heavy atom. The lowest BCUT2D eigenvalue weighted by molar-refractivity contribution is -0.138. The maximum absolute atomic E-state index is 11.4. The number of aliphatic carboxylic acids is 1. The summed E-state index contributed by atoms with van der Waals surface area (Å²) in [6.07, 6.45) is 1.03. The Balaban J connectivity index is 2.64. The van der Waals surface area contributed by atoms with E-state index in [2.05, 4.69) is 10.3 Å². The van der Waals surface area contributed by atoms with Gasteiger partial charge in [-0.15, -0.1) is 0 Å². The molecule has 0 saturated carbocycles. The van der Waals surface area contributed by atoms with E-state index in [-0.39, 0.29) is 18.7 Å². The highest BCUT2D eigenvalue weighted by atomic mass is 35.5. The molecule has 1 amide bonds. The summed E-state index contributed by atoms with van der Waals surface area (Å²) in [6, 6.07) is 1.49. The van der Waals surface area contributed by atoms with Gasteiger partial charge in [-0.05, 0) is 6.92 Å². The van der Waals surface area contributed by atoms with Gasteiger partial charge in [0.1, 0.15) is 16.6 Å². The van der Waals surface area contributed by atoms with E-state index in [1.54, 1.807) is 0 Å². The normalized spacial score (nSPS) is 9.89. The van der Waals surface area contributed by atoms with E-state index >= 15 is 0 Å². The summed E-state index contributed by atoms with van der Waals surface area (Å²) in [6.45, 7) is 2.25. The number of hydrogen-bond acceptors (Lipinski definition) is 4. The fourth-order valence-electron chi connectivity index (χ4n) is 1.18. The Morgan fingerprint density at radius 1 is 1.50 bits per heavy atom. The van der Waals surface area contributed by atoms with E-state index in [9.17, 15) is 9.59 Å². The molecule has 98 valence electrons. The second-order valence-corrected chi connectivity index (χ2v) is 3.78. The van der Waals surface area contributed by atoms with Crippen molar-refractivity contribution in [2.75, 3.05) is 11.9 Å². The van der Waals surface area contributed by atoms with Gasteiger partial charge in [0.2, 0.25) is 5.91 Å². The molecule has 0 radical (unpaired) electrons. The Kier molecular flexibility index (Phi) is 5.38. The molecular formula is C11H13ClN2O4. The molecule has 1 aromatic heterocycles. The first-order valence-electron chi connectivity index (χ1n) is 5.33. The zero-order valence-electron chi connectivity index (χ0n) is 9.77. The third kappa shape index (κ3) is 4.58. The van der Waals surface area contributed by atoms with Crippen LogP contribution >= 0.6 is 11.6 Å². The van der Waals surface area contributed by atoms with Crippen LogP contribution in [0.2, 0.25) is 5.02 Å². The molecule has 0 unspecified atom stereocenters. The first-order valence-corrected chi connectivity index (χ1v) is 5.70. The molecule has 0 aromatic carbocycles. The molecule has 7 heteroatoms. The lowest BCUT2D eigenvalue weighted by atomic mass is 10.3. The van der Waals surface area contributed by atoms with Gasteiger partial charge >= 0.3 is 5.97 Å². The molecule has 0 saturated heterocycles. The van der Waals surface area contributed by atoms with Gasteiger partial charge in [-0.3, -0.25) is 9.59 Å². The number of anilines is 1. The third-order valence-corrected chi connectivity index (χ3v) is 2.24. The number of ether oxygens (including phenoxy) is 1. The largest absolute Gasteiger partial charge is 0.492 e. The van der Waals surface area contributed by atoms with Gasteiger partial charge < -0.3 is 15.2 Å². The number of amides is 1. The van der Waals surface area contributed by atoms with Crippen molar-refractivity contribution in [3.8, 4) is 5.75 Å². The van der Waals surface area contributed by atoms with Crippen LogP contribution in [0.3, 0.4) is 0 Å². The highest BCUT2D eigenvalue weighted by molar-refractivity contribution is 6.32. The van der Waals surface area contributed by atoms with E-state index in [1.807, 2.05) is 6.92 Å². The highest BCUT2D eigenvalue weighted by Gasteiger charge is 2.09. The number of rotatable bonds is 6. The van der Waals surface area contributed by atoms with E-state index in [4.69, 9.17) is 21.4 Å². The minimum absolute atomic E-state index is 0.108. The predicted octanol–water partition coefficient (Wildman–Crippen LogP) is 1.94. The van der Waals surface area contributed by atoms with E-state index in [0.717, 1.165) is 0 Å². The number of nitrogens with zero attached hydrogens (tertiary/aromatic N) is 1. The molecule has 0 atom stereocenters. The van der Waals surface area contributed by atoms with Crippen molar-refractivity contribution in [3.05, 3.63) is 17.3 Å². The first-order chi connectivity index (χ1) is 8.52. The number of carbonyl (C=O) groups is 2. The second kappa shape index (κ2) is 6.80. The molecule has 1 heterocycles. The van der Waals surface area contributed by atoms with Crippen LogP contribution in [0.1, 0.15) is 19.8 Å². The molecule has 6 nitrogen and oxygen atoms in total. The summed E-state index contributed by atoms with van der Waals surface area (Å²) >= 11 is 5.84. The highest BCUT2D eigenvalue weighted by Crippen LogP contribution is 2.25. The van der Waals surface area contributed by atoms with Crippen LogP contribution < -0.4 is 10.1 Å². The Bertz CT molecular complexity index is 451. The van der Waals surface area contributed by atoms with Crippen molar-refractivity contribution in [3.63, 3.8) is 0 Å². The van der Waals surface area contributed by atoms with Gasteiger partial charge in [-0.2, -0.15) is 0 Å². The van der Waals surface area contributed by atoms with Crippen molar-refractivity contribution < 1.29 is 19.4 Å². The number of hydrogen-bond donors (Lipinski definition) is 2. The maximum Gasteiger partial charge on any atom is 0.303 e. The lowest BCUT2D eigenvalue weighted by Crippen LogP contribution is -2.14. The number of carboxylic acids is 1. The summed E-state index contributed by atoms with van der Waals surface area (Å²) in [7, 11) is 0. The number of pyridine rings is 1. The summed E-state index contributed by atoms with van der Waals surface area (Å²) in [4.78, 5) is 25.6. The summed E-state index contributed by atoms with van der Waals surface area (Å²) in [5, 5.41) is 11.3. The topological polar surface area (TPSA) is 88.5 Å². The zero-order chi connectivity index (χ0) is 13.5. The fraction of sp³-hybridized carbons (Fsp3) is 0.364. The average molecular weight is 273 g/mol. The standard InChI is InChI=1S/C11H13ClN2O4/c1-2-18-8-5-9(13-6-7(8)12)14-10(15)3-4-11(16)17/h5-6H,2-4H2,1H3,(H,16,17)(H,13,14,15). The fourth-order valence-corrected chi connectivity index (χ4v) is 1.34. The minimum atomic E-state index is -1.02. The second-order valence-electron chi connectivity index (χ2n) is 3.37. The number of carbonyl (C=O) groups excluding carboxylic acids is 1. The van der Waals surface area contributed by atoms with Crippen molar-refractivity contribution >= 4 is 29.3 Å². The average Bonchev–Trinajstić information content (AvgIpc) is 2.31. The first kappa shape index (κ1) is 14.2. The molecule has 0 spiro atoms. The number of nitrogens with one attached hydrogen (secondary N) is 1. The van der Waals surface area contributed by atoms with E-state index in [1.165, 1.54) is 12.3 Å². The number of aromatic nitrogens is 1. The quantitative estimate of drug-likeness (QED) is 0.826. The zero-order valence-corrected chi connectivity index (χ0v) is 10.5. The Morgan fingerprint density at radius 2 is 2.22 bits per heavy atom. The Labute approximate surface area is 109 Å². The summed E-state index contributed by atoms with van der Waals surface area (Å²) in [5.74, 6) is -0.750. The van der Waals surface area contributed by atoms with E-state index < -0.39 is 11.9 Å². The molecule has 1 aromatic rings. The van der Waals surface area contributed by atoms with Crippen molar-refractivity contribution in [2.24, 2.45) is 0 Å². The molecule has 18 heavy (non-hydrogen) atoms. The molecule has 0 bridgehead atoms. The van der Waals surface area contributed by atoms with Crippen LogP contribution in [-0.4, -0.2) is 28.6 Å². The molecule has 1 rings (SSSR count). The van der Waals surface area contributed by atoms with Gasteiger partial charge in [-0.25, -0.2) is 4.98 Å². The van der Waals surface area contributed by atoms with Crippen LogP contribution in [0.4, 0.5) is 5.82 Å². The van der Waals surface area contributed by atoms with Crippen molar-refractivity contribution in [1.82, 2.24) is 4.98 Å². The predicted molar refractivity (Wildman–Crippen MR) is 65.9 cm³/mol. The van der Waals surface area contributed by atoms with Crippen molar-refractivity contribution in [2.45, 2.75) is 19.8 Å². The SMILES string of the molecule is CCOc1cc(NC(=O)CCC(=O)O)ncc1Cl. The monoisotopic (exact) mass is 272 g/mol. The smallest absolute Gasteiger partial charge is 0.303 e. The molecule has 0 aliphatic carbocycles. The number of carboxylic acid groups (broad SMARTS) is 1. The molecule has 0 aliphatic heterocycles. The van der Waals surface area contributed by atoms with Crippen LogP contribution in [0.5, 0.6) is 5.75 Å². The van der Waals surface area contributed by atoms with Crippen LogP contribution in [0.25, 0.3) is 0 Å². The third-order valence-electron chi connectivity index (χ3n) is 1.95. The van der Waals surface area contributed by atoms with Crippen LogP contribution in [0.15, 0.2) is 12.3 Å². The minimum Gasteiger partial charge on any atom is -0.492 e. The molecular weight excluding hydrogens is 260 g/mol. The van der Waals surface area contributed by atoms with E-state index in [0.29, 0.717) is 17.4 Å². The lowest BCUT2D eigenvalue weighted by Gasteiger charge is -2.08. The van der Waals surface area contributed by atoms with Crippen LogP contribution in [-0.2, 0) is 9.59 Å². The number of halogens is 1.